The number of amides is 2. The van der Waals surface area contributed by atoms with E-state index in [0.717, 1.165) is 5.56 Å². The molecule has 1 aliphatic heterocycles. The summed E-state index contributed by atoms with van der Waals surface area (Å²) in [5.74, 6) is -3.09. The second-order valence-corrected chi connectivity index (χ2v) is 7.19. The largest absolute Gasteiger partial charge is 0.473 e. The zero-order valence-corrected chi connectivity index (χ0v) is 17.6. The summed E-state index contributed by atoms with van der Waals surface area (Å²) in [6.07, 6.45) is 3.37. The number of aliphatic carboxylic acids is 2. The second-order valence-electron chi connectivity index (χ2n) is 7.19. The lowest BCUT2D eigenvalue weighted by molar-refractivity contribution is -0.159. The summed E-state index contributed by atoms with van der Waals surface area (Å²) < 4.78 is 5.35. The van der Waals surface area contributed by atoms with Gasteiger partial charge in [-0.1, -0.05) is 5.16 Å². The number of hydrogen-bond acceptors (Lipinski definition) is 9. The van der Waals surface area contributed by atoms with Crippen molar-refractivity contribution in [1.29, 1.82) is 0 Å². The molecule has 0 unspecified atom stereocenters. The molecule has 1 saturated heterocycles. The number of carboxylic acids is 2. The first kappa shape index (κ1) is 24.0. The van der Waals surface area contributed by atoms with Crippen LogP contribution in [0.25, 0.3) is 11.4 Å². The first-order chi connectivity index (χ1) is 16.2. The number of likely N-dealkylation sites (tertiary alicyclic amines) is 1. The SMILES string of the molecule is NC(=O)c1ccc(NC(=O)CN2CC(c3nc(-c4cccnc4)no3)C2)cc1.O=C(O)C(=O)O. The van der Waals surface area contributed by atoms with Crippen LogP contribution in [0, 0.1) is 0 Å². The third kappa shape index (κ3) is 6.43. The van der Waals surface area contributed by atoms with Crippen molar-refractivity contribution in [2.75, 3.05) is 25.0 Å². The third-order valence-corrected chi connectivity index (χ3v) is 4.67. The predicted molar refractivity (Wildman–Crippen MR) is 116 cm³/mol. The number of nitrogens with two attached hydrogens (primary N) is 1. The van der Waals surface area contributed by atoms with Crippen molar-refractivity contribution >= 4 is 29.4 Å². The quantitative estimate of drug-likeness (QED) is 0.365. The van der Waals surface area contributed by atoms with E-state index in [1.54, 1.807) is 36.7 Å². The number of hydrogen-bond donors (Lipinski definition) is 4. The summed E-state index contributed by atoms with van der Waals surface area (Å²) in [6.45, 7) is 1.60. The van der Waals surface area contributed by atoms with E-state index in [4.69, 9.17) is 30.1 Å². The molecule has 3 heterocycles. The molecule has 1 aromatic carbocycles. The average molecular weight is 468 g/mol. The van der Waals surface area contributed by atoms with Gasteiger partial charge in [-0.2, -0.15) is 4.98 Å². The highest BCUT2D eigenvalue weighted by Gasteiger charge is 2.33. The lowest BCUT2D eigenvalue weighted by atomic mass is 10.0. The van der Waals surface area contributed by atoms with Gasteiger partial charge in [-0.3, -0.25) is 19.5 Å². The standard InChI is InChI=1S/C19H18N6O3.C2H2O4/c20-17(27)12-3-5-15(6-4-12)22-16(26)11-25-9-14(10-25)19-23-18(24-28-19)13-2-1-7-21-8-13;3-1(4)2(5)6/h1-8,14H,9-11H2,(H2,20,27)(H,22,26);(H,3,4)(H,5,6). The van der Waals surface area contributed by atoms with Crippen molar-refractivity contribution in [1.82, 2.24) is 20.0 Å². The van der Waals surface area contributed by atoms with Gasteiger partial charge in [-0.15, -0.1) is 0 Å². The summed E-state index contributed by atoms with van der Waals surface area (Å²) in [6, 6.07) is 10.1. The van der Waals surface area contributed by atoms with Gasteiger partial charge in [0.15, 0.2) is 0 Å². The number of pyridine rings is 1. The molecule has 0 bridgehead atoms. The average Bonchev–Trinajstić information content (AvgIpc) is 3.27. The van der Waals surface area contributed by atoms with Gasteiger partial charge >= 0.3 is 11.9 Å². The minimum Gasteiger partial charge on any atom is -0.473 e. The first-order valence-corrected chi connectivity index (χ1v) is 9.85. The van der Waals surface area contributed by atoms with Crippen molar-refractivity contribution in [2.45, 2.75) is 5.92 Å². The molecule has 2 aromatic heterocycles. The Bertz CT molecular complexity index is 1160. The lowest BCUT2D eigenvalue weighted by Gasteiger charge is -2.36. The molecule has 0 saturated carbocycles. The highest BCUT2D eigenvalue weighted by atomic mass is 16.5. The van der Waals surface area contributed by atoms with Crippen LogP contribution in [0.2, 0.25) is 0 Å². The normalized spacial score (nSPS) is 13.2. The number of carbonyl (C=O) groups excluding carboxylic acids is 2. The molecule has 0 atom stereocenters. The molecule has 176 valence electrons. The number of anilines is 1. The molecule has 0 radical (unpaired) electrons. The summed E-state index contributed by atoms with van der Waals surface area (Å²) in [4.78, 5) is 51.9. The van der Waals surface area contributed by atoms with Crippen molar-refractivity contribution in [3.8, 4) is 11.4 Å². The van der Waals surface area contributed by atoms with E-state index in [0.29, 0.717) is 36.1 Å². The topological polar surface area (TPSA) is 202 Å². The number of carboxylic acid groups (broad SMARTS) is 2. The molecular weight excluding hydrogens is 448 g/mol. The molecule has 0 spiro atoms. The Labute approximate surface area is 192 Å². The van der Waals surface area contributed by atoms with E-state index >= 15 is 0 Å². The molecular formula is C21H20N6O7. The first-order valence-electron chi connectivity index (χ1n) is 9.85. The summed E-state index contributed by atoms with van der Waals surface area (Å²) in [5.41, 5.74) is 7.01. The van der Waals surface area contributed by atoms with Gasteiger partial charge in [0.05, 0.1) is 12.5 Å². The maximum atomic E-state index is 12.2. The van der Waals surface area contributed by atoms with Crippen LogP contribution < -0.4 is 11.1 Å². The zero-order chi connectivity index (χ0) is 24.7. The Morgan fingerprint density at radius 1 is 1.09 bits per heavy atom. The Balaban J connectivity index is 0.000000481. The monoisotopic (exact) mass is 468 g/mol. The van der Waals surface area contributed by atoms with Gasteiger partial charge in [0.1, 0.15) is 0 Å². The van der Waals surface area contributed by atoms with Crippen molar-refractivity contribution in [2.24, 2.45) is 5.73 Å². The molecule has 3 aromatic rings. The minimum atomic E-state index is -1.82. The smallest absolute Gasteiger partial charge is 0.414 e. The Morgan fingerprint density at radius 3 is 2.32 bits per heavy atom. The van der Waals surface area contributed by atoms with E-state index in [1.165, 1.54) is 0 Å². The fourth-order valence-electron chi connectivity index (χ4n) is 2.99. The molecule has 34 heavy (non-hydrogen) atoms. The molecule has 5 N–H and O–H groups in total. The molecule has 4 rings (SSSR count). The van der Waals surface area contributed by atoms with Gasteiger partial charge < -0.3 is 25.8 Å². The Hall–Kier alpha value is -4.65. The predicted octanol–water partition coefficient (Wildman–Crippen LogP) is 0.424. The maximum absolute atomic E-state index is 12.2. The summed E-state index contributed by atoms with van der Waals surface area (Å²) in [7, 11) is 0. The number of nitrogens with one attached hydrogen (secondary N) is 1. The maximum Gasteiger partial charge on any atom is 0.414 e. The number of benzene rings is 1. The van der Waals surface area contributed by atoms with E-state index in [9.17, 15) is 9.59 Å². The number of primary amides is 1. The highest BCUT2D eigenvalue weighted by molar-refractivity contribution is 6.27. The van der Waals surface area contributed by atoms with E-state index < -0.39 is 17.8 Å². The van der Waals surface area contributed by atoms with E-state index in [1.807, 2.05) is 17.0 Å². The molecule has 1 fully saturated rings. The molecule has 2 amide bonds. The van der Waals surface area contributed by atoms with Crippen molar-refractivity contribution < 1.29 is 33.9 Å². The molecule has 0 aliphatic carbocycles. The van der Waals surface area contributed by atoms with Crippen LogP contribution >= 0.6 is 0 Å². The third-order valence-electron chi connectivity index (χ3n) is 4.67. The van der Waals surface area contributed by atoms with Gasteiger partial charge in [0, 0.05) is 42.3 Å². The molecule has 13 heteroatoms. The van der Waals surface area contributed by atoms with Gasteiger partial charge in [-0.05, 0) is 36.4 Å². The van der Waals surface area contributed by atoms with Crippen LogP contribution in [0.4, 0.5) is 5.69 Å². The second kappa shape index (κ2) is 10.8. The highest BCUT2D eigenvalue weighted by Crippen LogP contribution is 2.27. The molecule has 13 nitrogen and oxygen atoms in total. The number of aromatic nitrogens is 3. The van der Waals surface area contributed by atoms with Crippen LogP contribution in [0.5, 0.6) is 0 Å². The number of nitrogens with zero attached hydrogens (tertiary/aromatic N) is 4. The summed E-state index contributed by atoms with van der Waals surface area (Å²) in [5, 5.41) is 21.6. The zero-order valence-electron chi connectivity index (χ0n) is 17.6. The molecule has 1 aliphatic rings. The van der Waals surface area contributed by atoms with Gasteiger partial charge in [-0.25, -0.2) is 9.59 Å². The van der Waals surface area contributed by atoms with Crippen LogP contribution in [-0.4, -0.2) is 73.6 Å². The minimum absolute atomic E-state index is 0.112. The van der Waals surface area contributed by atoms with Gasteiger partial charge in [0.25, 0.3) is 0 Å². The fraction of sp³-hybridized carbons (Fsp3) is 0.190. The summed E-state index contributed by atoms with van der Waals surface area (Å²) >= 11 is 0. The number of carbonyl (C=O) groups is 4. The van der Waals surface area contributed by atoms with Crippen LogP contribution in [-0.2, 0) is 14.4 Å². The van der Waals surface area contributed by atoms with E-state index in [-0.39, 0.29) is 18.4 Å². The van der Waals surface area contributed by atoms with Crippen LogP contribution in [0.1, 0.15) is 22.2 Å². The lowest BCUT2D eigenvalue weighted by Crippen LogP contribution is -2.48. The van der Waals surface area contributed by atoms with E-state index in [2.05, 4.69) is 20.4 Å². The fourth-order valence-corrected chi connectivity index (χ4v) is 2.99. The van der Waals surface area contributed by atoms with Crippen LogP contribution in [0.3, 0.4) is 0 Å². The number of rotatable bonds is 6. The van der Waals surface area contributed by atoms with Gasteiger partial charge in [0.2, 0.25) is 23.5 Å². The van der Waals surface area contributed by atoms with Crippen molar-refractivity contribution in [3.63, 3.8) is 0 Å². The van der Waals surface area contributed by atoms with Crippen molar-refractivity contribution in [3.05, 3.63) is 60.2 Å². The Morgan fingerprint density at radius 2 is 1.76 bits per heavy atom. The Kier molecular flexibility index (Phi) is 7.61. The van der Waals surface area contributed by atoms with Crippen LogP contribution in [0.15, 0.2) is 53.3 Å².